The molecule has 5 nitrogen and oxygen atoms in total. The van der Waals surface area contributed by atoms with E-state index in [0.717, 1.165) is 70.5 Å². The minimum Gasteiger partial charge on any atom is -0.498 e. The lowest BCUT2D eigenvalue weighted by Crippen LogP contribution is -2.28. The summed E-state index contributed by atoms with van der Waals surface area (Å²) in [5.74, 6) is 1.77. The summed E-state index contributed by atoms with van der Waals surface area (Å²) in [7, 11) is 0. The average Bonchev–Trinajstić information content (AvgIpc) is 3.35. The third-order valence-electron chi connectivity index (χ3n) is 15.3. The van der Waals surface area contributed by atoms with Crippen molar-refractivity contribution in [3.05, 3.63) is 12.3 Å². The first kappa shape index (κ1) is 67.9. The van der Waals surface area contributed by atoms with Gasteiger partial charge in [0.25, 0.3) is 0 Å². The zero-order valence-corrected chi connectivity index (χ0v) is 47.9. The lowest BCUT2D eigenvalue weighted by atomic mass is 9.92. The Morgan fingerprint density at radius 1 is 0.348 bits per heavy atom. The Balaban J connectivity index is 4.51. The van der Waals surface area contributed by atoms with E-state index < -0.39 is 0 Å². The van der Waals surface area contributed by atoms with Crippen LogP contribution in [0, 0.1) is 11.8 Å². The van der Waals surface area contributed by atoms with Crippen molar-refractivity contribution in [1.82, 2.24) is 4.90 Å². The molecule has 0 bridgehead atoms. The topological polar surface area (TPSA) is 59.0 Å². The first-order valence-electron chi connectivity index (χ1n) is 31.8. The molecule has 412 valence electrons. The van der Waals surface area contributed by atoms with E-state index in [4.69, 9.17) is 9.47 Å². The Labute approximate surface area is 434 Å². The molecular formula is C64H127NO4. The quantitative estimate of drug-likeness (QED) is 0.0374. The molecule has 1 N–H and O–H groups in total. The second kappa shape index (κ2) is 57.8. The number of rotatable bonds is 60. The SMILES string of the molecule is C=C(OCCCCCCN(CCCO)CCCCCCOC(=O)C(CCCCCCCCCC)CCCCCCCCCCCC)C(CCCCCCCCCC)CCCCCCCCCCCC. The summed E-state index contributed by atoms with van der Waals surface area (Å²) in [4.78, 5) is 15.9. The highest BCUT2D eigenvalue weighted by Gasteiger charge is 2.19. The van der Waals surface area contributed by atoms with Crippen LogP contribution in [-0.4, -0.2) is 55.4 Å². The van der Waals surface area contributed by atoms with Gasteiger partial charge in [-0.3, -0.25) is 4.79 Å². The minimum absolute atomic E-state index is 0.0819. The second-order valence-electron chi connectivity index (χ2n) is 22.1. The van der Waals surface area contributed by atoms with Crippen molar-refractivity contribution in [3.8, 4) is 0 Å². The summed E-state index contributed by atoms with van der Waals surface area (Å²) in [6, 6.07) is 0. The van der Waals surface area contributed by atoms with Gasteiger partial charge in [0.1, 0.15) is 0 Å². The zero-order chi connectivity index (χ0) is 50.2. The number of aliphatic hydroxyl groups excluding tert-OH is 1. The van der Waals surface area contributed by atoms with Gasteiger partial charge in [0, 0.05) is 19.1 Å². The molecule has 0 saturated carbocycles. The Kier molecular flexibility index (Phi) is 56.9. The molecule has 0 aliphatic rings. The van der Waals surface area contributed by atoms with E-state index >= 15 is 0 Å². The van der Waals surface area contributed by atoms with E-state index in [1.165, 1.54) is 276 Å². The molecule has 0 aliphatic carbocycles. The summed E-state index contributed by atoms with van der Waals surface area (Å²) in [5, 5.41) is 9.59. The molecule has 0 aromatic carbocycles. The Hall–Kier alpha value is -1.07. The molecule has 0 spiro atoms. The van der Waals surface area contributed by atoms with Crippen LogP contribution in [0.15, 0.2) is 12.3 Å². The summed E-state index contributed by atoms with van der Waals surface area (Å²) in [6.45, 7) is 18.5. The molecule has 0 aliphatic heterocycles. The molecule has 0 heterocycles. The maximum atomic E-state index is 13.3. The van der Waals surface area contributed by atoms with E-state index in [-0.39, 0.29) is 18.5 Å². The van der Waals surface area contributed by atoms with Gasteiger partial charge in [-0.15, -0.1) is 0 Å². The average molecular weight is 975 g/mol. The van der Waals surface area contributed by atoms with Gasteiger partial charge >= 0.3 is 5.97 Å². The summed E-state index contributed by atoms with van der Waals surface area (Å²) in [5.41, 5.74) is 0. The zero-order valence-electron chi connectivity index (χ0n) is 47.9. The summed E-state index contributed by atoms with van der Waals surface area (Å²) >= 11 is 0. The number of hydrogen-bond acceptors (Lipinski definition) is 5. The number of aliphatic hydroxyl groups is 1. The molecule has 0 aromatic rings. The number of hydrogen-bond donors (Lipinski definition) is 1. The maximum absolute atomic E-state index is 13.3. The number of carbonyl (C=O) groups is 1. The molecule has 0 amide bonds. The van der Waals surface area contributed by atoms with Crippen molar-refractivity contribution < 1.29 is 19.4 Å². The lowest BCUT2D eigenvalue weighted by molar-refractivity contribution is -0.149. The molecule has 2 unspecified atom stereocenters. The Morgan fingerprint density at radius 3 is 0.942 bits per heavy atom. The Bertz CT molecular complexity index is 928. The molecular weight excluding hydrogens is 847 g/mol. The van der Waals surface area contributed by atoms with Crippen LogP contribution in [0.25, 0.3) is 0 Å². The van der Waals surface area contributed by atoms with Gasteiger partial charge in [-0.2, -0.15) is 0 Å². The van der Waals surface area contributed by atoms with Crippen LogP contribution in [0.4, 0.5) is 0 Å². The van der Waals surface area contributed by atoms with Crippen molar-refractivity contribution >= 4 is 5.97 Å². The predicted octanol–water partition coefficient (Wildman–Crippen LogP) is 20.8. The number of esters is 1. The first-order valence-corrected chi connectivity index (χ1v) is 31.8. The van der Waals surface area contributed by atoms with Gasteiger partial charge in [0.05, 0.1) is 24.9 Å². The van der Waals surface area contributed by atoms with Crippen molar-refractivity contribution in [2.24, 2.45) is 11.8 Å². The monoisotopic (exact) mass is 974 g/mol. The third-order valence-corrected chi connectivity index (χ3v) is 15.3. The smallest absolute Gasteiger partial charge is 0.308 e. The fraction of sp³-hybridized carbons (Fsp3) is 0.953. The van der Waals surface area contributed by atoms with Crippen molar-refractivity contribution in [1.29, 1.82) is 0 Å². The molecule has 0 rings (SSSR count). The molecule has 0 fully saturated rings. The number of nitrogens with zero attached hydrogens (tertiary/aromatic N) is 1. The van der Waals surface area contributed by atoms with E-state index in [9.17, 15) is 9.90 Å². The third kappa shape index (κ3) is 50.3. The van der Waals surface area contributed by atoms with Gasteiger partial charge in [-0.1, -0.05) is 291 Å². The number of allylic oxidation sites excluding steroid dienone is 1. The van der Waals surface area contributed by atoms with E-state index in [1.54, 1.807) is 0 Å². The van der Waals surface area contributed by atoms with E-state index in [2.05, 4.69) is 39.2 Å². The molecule has 0 radical (unpaired) electrons. The van der Waals surface area contributed by atoms with E-state index in [1.807, 2.05) is 0 Å². The Morgan fingerprint density at radius 2 is 0.609 bits per heavy atom. The van der Waals surface area contributed by atoms with Gasteiger partial charge in [-0.05, 0) is 70.9 Å². The van der Waals surface area contributed by atoms with Gasteiger partial charge in [0.2, 0.25) is 0 Å². The molecule has 0 saturated heterocycles. The van der Waals surface area contributed by atoms with Crippen LogP contribution >= 0.6 is 0 Å². The minimum atomic E-state index is 0.0819. The molecule has 2 atom stereocenters. The van der Waals surface area contributed by atoms with Crippen LogP contribution in [0.2, 0.25) is 0 Å². The number of carbonyl (C=O) groups excluding carboxylic acids is 1. The molecule has 69 heavy (non-hydrogen) atoms. The van der Waals surface area contributed by atoms with Crippen LogP contribution < -0.4 is 0 Å². The van der Waals surface area contributed by atoms with Crippen LogP contribution in [-0.2, 0) is 14.3 Å². The van der Waals surface area contributed by atoms with Gasteiger partial charge in [-0.25, -0.2) is 0 Å². The van der Waals surface area contributed by atoms with Gasteiger partial charge < -0.3 is 19.5 Å². The van der Waals surface area contributed by atoms with Crippen molar-refractivity contribution in [2.45, 2.75) is 342 Å². The number of unbranched alkanes of at least 4 members (excludes halogenated alkanes) is 38. The first-order chi connectivity index (χ1) is 34.0. The highest BCUT2D eigenvalue weighted by atomic mass is 16.5. The van der Waals surface area contributed by atoms with Crippen molar-refractivity contribution in [3.63, 3.8) is 0 Å². The predicted molar refractivity (Wildman–Crippen MR) is 305 cm³/mol. The molecule has 5 heteroatoms. The van der Waals surface area contributed by atoms with Crippen molar-refractivity contribution in [2.75, 3.05) is 39.5 Å². The fourth-order valence-corrected chi connectivity index (χ4v) is 10.5. The standard InChI is InChI=1S/C64H127NO4/c1-6-10-14-18-22-26-28-32-35-43-52-62(51-42-34-30-24-20-16-12-8-3)61(5)68-59-48-40-38-46-55-65(57-50-58-66)56-47-39-41-49-60-69-64(67)63(53-44-36-31-25-21-17-13-9-4)54-45-37-33-29-27-23-19-15-11-7-2/h62-63,66H,5-60H2,1-4H3. The van der Waals surface area contributed by atoms with Gasteiger partial charge in [0.15, 0.2) is 0 Å². The number of ether oxygens (including phenoxy) is 2. The fourth-order valence-electron chi connectivity index (χ4n) is 10.5. The maximum Gasteiger partial charge on any atom is 0.308 e. The second-order valence-corrected chi connectivity index (χ2v) is 22.1. The van der Waals surface area contributed by atoms with Crippen LogP contribution in [0.1, 0.15) is 342 Å². The lowest BCUT2D eigenvalue weighted by Gasteiger charge is -2.22. The molecule has 0 aromatic heterocycles. The highest BCUT2D eigenvalue weighted by molar-refractivity contribution is 5.72. The normalized spacial score (nSPS) is 12.6. The highest BCUT2D eigenvalue weighted by Crippen LogP contribution is 2.27. The summed E-state index contributed by atoms with van der Waals surface area (Å²) < 4.78 is 12.3. The summed E-state index contributed by atoms with van der Waals surface area (Å²) in [6.07, 6.45) is 63.4. The van der Waals surface area contributed by atoms with Crippen LogP contribution in [0.3, 0.4) is 0 Å². The van der Waals surface area contributed by atoms with Crippen LogP contribution in [0.5, 0.6) is 0 Å². The largest absolute Gasteiger partial charge is 0.498 e. The van der Waals surface area contributed by atoms with E-state index in [0.29, 0.717) is 12.5 Å².